The standard InChI is InChI=1S/C20H32N4O3/c1-15(2)19-21-17(27-22-19)13-23-9-7-20(8-10-23)6-5-18(25)24(14-20)12-16-4-3-11-26-16/h15-16H,3-14H2,1-2H3. The van der Waals surface area contributed by atoms with Gasteiger partial charge in [0.05, 0.1) is 12.6 Å². The quantitative estimate of drug-likeness (QED) is 0.787. The summed E-state index contributed by atoms with van der Waals surface area (Å²) in [6.07, 6.45) is 6.44. The summed E-state index contributed by atoms with van der Waals surface area (Å²) in [6, 6.07) is 0. The van der Waals surface area contributed by atoms with E-state index >= 15 is 0 Å². The number of amides is 1. The number of piperidine rings is 2. The molecule has 3 aliphatic rings. The molecule has 7 nitrogen and oxygen atoms in total. The summed E-state index contributed by atoms with van der Waals surface area (Å²) in [7, 11) is 0. The molecule has 1 amide bonds. The number of nitrogens with zero attached hydrogens (tertiary/aromatic N) is 4. The number of carbonyl (C=O) groups is 1. The van der Waals surface area contributed by atoms with Crippen LogP contribution in [-0.4, -0.2) is 64.7 Å². The third-order valence-corrected chi connectivity index (χ3v) is 6.47. The molecule has 1 unspecified atom stereocenters. The Morgan fingerprint density at radius 3 is 2.74 bits per heavy atom. The van der Waals surface area contributed by atoms with E-state index in [2.05, 4.69) is 33.8 Å². The van der Waals surface area contributed by atoms with Gasteiger partial charge < -0.3 is 14.2 Å². The number of likely N-dealkylation sites (tertiary alicyclic amines) is 2. The second-order valence-corrected chi connectivity index (χ2v) is 8.89. The number of ether oxygens (including phenoxy) is 1. The number of carbonyl (C=O) groups excluding carboxylic acids is 1. The van der Waals surface area contributed by atoms with Crippen molar-refractivity contribution in [1.82, 2.24) is 19.9 Å². The van der Waals surface area contributed by atoms with E-state index in [9.17, 15) is 4.79 Å². The average Bonchev–Trinajstić information content (AvgIpc) is 3.33. The van der Waals surface area contributed by atoms with Gasteiger partial charge in [0.15, 0.2) is 5.82 Å². The molecule has 4 rings (SSSR count). The maximum absolute atomic E-state index is 12.4. The van der Waals surface area contributed by atoms with Crippen molar-refractivity contribution in [3.8, 4) is 0 Å². The monoisotopic (exact) mass is 376 g/mol. The predicted molar refractivity (Wildman–Crippen MR) is 100 cm³/mol. The van der Waals surface area contributed by atoms with Crippen LogP contribution in [0.4, 0.5) is 0 Å². The third-order valence-electron chi connectivity index (χ3n) is 6.47. The van der Waals surface area contributed by atoms with Crippen molar-refractivity contribution in [3.63, 3.8) is 0 Å². The first-order chi connectivity index (χ1) is 13.0. The fraction of sp³-hybridized carbons (Fsp3) is 0.850. The Morgan fingerprint density at radius 1 is 1.26 bits per heavy atom. The maximum Gasteiger partial charge on any atom is 0.240 e. The van der Waals surface area contributed by atoms with Crippen molar-refractivity contribution in [3.05, 3.63) is 11.7 Å². The molecule has 150 valence electrons. The van der Waals surface area contributed by atoms with Crippen molar-refractivity contribution in [2.24, 2.45) is 5.41 Å². The lowest BCUT2D eigenvalue weighted by atomic mass is 9.72. The Bertz CT molecular complexity index is 645. The summed E-state index contributed by atoms with van der Waals surface area (Å²) in [5, 5.41) is 4.06. The smallest absolute Gasteiger partial charge is 0.240 e. The first-order valence-corrected chi connectivity index (χ1v) is 10.5. The largest absolute Gasteiger partial charge is 0.376 e. The molecule has 1 aromatic rings. The number of rotatable bonds is 5. The van der Waals surface area contributed by atoms with Gasteiger partial charge in [0, 0.05) is 32.0 Å². The van der Waals surface area contributed by atoms with E-state index in [0.29, 0.717) is 24.1 Å². The fourth-order valence-corrected chi connectivity index (χ4v) is 4.65. The normalized spacial score (nSPS) is 26.4. The molecular weight excluding hydrogens is 344 g/mol. The van der Waals surface area contributed by atoms with E-state index < -0.39 is 0 Å². The van der Waals surface area contributed by atoms with E-state index in [1.165, 1.54) is 0 Å². The van der Waals surface area contributed by atoms with Crippen molar-refractivity contribution >= 4 is 5.91 Å². The van der Waals surface area contributed by atoms with Crippen LogP contribution in [0.15, 0.2) is 4.52 Å². The molecule has 3 fully saturated rings. The number of hydrogen-bond donors (Lipinski definition) is 0. The lowest BCUT2D eigenvalue weighted by Crippen LogP contribution is -2.52. The fourth-order valence-electron chi connectivity index (χ4n) is 4.65. The molecule has 1 spiro atoms. The van der Waals surface area contributed by atoms with Crippen LogP contribution in [-0.2, 0) is 16.1 Å². The van der Waals surface area contributed by atoms with Gasteiger partial charge in [-0.3, -0.25) is 9.69 Å². The predicted octanol–water partition coefficient (Wildman–Crippen LogP) is 2.58. The van der Waals surface area contributed by atoms with Crippen LogP contribution < -0.4 is 0 Å². The molecule has 27 heavy (non-hydrogen) atoms. The highest BCUT2D eigenvalue weighted by atomic mass is 16.5. The van der Waals surface area contributed by atoms with Crippen LogP contribution in [0.5, 0.6) is 0 Å². The summed E-state index contributed by atoms with van der Waals surface area (Å²) in [5.74, 6) is 2.11. The van der Waals surface area contributed by atoms with Gasteiger partial charge >= 0.3 is 0 Å². The van der Waals surface area contributed by atoms with Gasteiger partial charge in [-0.15, -0.1) is 0 Å². The van der Waals surface area contributed by atoms with Crippen LogP contribution in [0.2, 0.25) is 0 Å². The highest BCUT2D eigenvalue weighted by Crippen LogP contribution is 2.40. The van der Waals surface area contributed by atoms with E-state index in [4.69, 9.17) is 9.26 Å². The minimum absolute atomic E-state index is 0.247. The average molecular weight is 377 g/mol. The van der Waals surface area contributed by atoms with Crippen LogP contribution in [0, 0.1) is 5.41 Å². The third kappa shape index (κ3) is 4.35. The second-order valence-electron chi connectivity index (χ2n) is 8.89. The maximum atomic E-state index is 12.4. The molecule has 3 saturated heterocycles. The summed E-state index contributed by atoms with van der Waals surface area (Å²) < 4.78 is 11.2. The molecule has 0 aromatic carbocycles. The summed E-state index contributed by atoms with van der Waals surface area (Å²) in [5.41, 5.74) is 0.279. The lowest BCUT2D eigenvalue weighted by molar-refractivity contribution is -0.141. The summed E-state index contributed by atoms with van der Waals surface area (Å²) >= 11 is 0. The molecular formula is C20H32N4O3. The molecule has 3 aliphatic heterocycles. The zero-order chi connectivity index (χ0) is 18.9. The molecule has 4 heterocycles. The molecule has 7 heteroatoms. The molecule has 0 bridgehead atoms. The van der Waals surface area contributed by atoms with Gasteiger partial charge in [0.1, 0.15) is 0 Å². The van der Waals surface area contributed by atoms with E-state index in [-0.39, 0.29) is 11.5 Å². The van der Waals surface area contributed by atoms with Gasteiger partial charge in [0.25, 0.3) is 0 Å². The van der Waals surface area contributed by atoms with E-state index in [1.807, 2.05) is 0 Å². The Morgan fingerprint density at radius 2 is 2.07 bits per heavy atom. The zero-order valence-corrected chi connectivity index (χ0v) is 16.7. The van der Waals surface area contributed by atoms with Gasteiger partial charge in [-0.2, -0.15) is 4.98 Å². The van der Waals surface area contributed by atoms with Crippen molar-refractivity contribution in [2.75, 3.05) is 32.8 Å². The molecule has 0 saturated carbocycles. The van der Waals surface area contributed by atoms with Crippen molar-refractivity contribution < 1.29 is 14.1 Å². The summed E-state index contributed by atoms with van der Waals surface area (Å²) in [4.78, 5) is 21.4. The number of aromatic nitrogens is 2. The van der Waals surface area contributed by atoms with E-state index in [0.717, 1.165) is 77.3 Å². The zero-order valence-electron chi connectivity index (χ0n) is 16.7. The Labute approximate surface area is 161 Å². The first kappa shape index (κ1) is 18.9. The van der Waals surface area contributed by atoms with Crippen LogP contribution in [0.3, 0.4) is 0 Å². The van der Waals surface area contributed by atoms with Crippen LogP contribution in [0.1, 0.15) is 70.0 Å². The molecule has 0 aliphatic carbocycles. The first-order valence-electron chi connectivity index (χ1n) is 10.5. The minimum Gasteiger partial charge on any atom is -0.376 e. The Balaban J connectivity index is 1.31. The van der Waals surface area contributed by atoms with Gasteiger partial charge in [-0.05, 0) is 50.6 Å². The van der Waals surface area contributed by atoms with Crippen molar-refractivity contribution in [1.29, 1.82) is 0 Å². The van der Waals surface area contributed by atoms with Crippen LogP contribution in [0.25, 0.3) is 0 Å². The van der Waals surface area contributed by atoms with Gasteiger partial charge in [-0.25, -0.2) is 0 Å². The SMILES string of the molecule is CC(C)c1noc(CN2CCC3(CCC(=O)N(CC4CCCO4)C3)CC2)n1. The highest BCUT2D eigenvalue weighted by Gasteiger charge is 2.41. The van der Waals surface area contributed by atoms with Gasteiger partial charge in [0.2, 0.25) is 11.8 Å². The Hall–Kier alpha value is -1.47. The minimum atomic E-state index is 0.247. The van der Waals surface area contributed by atoms with Gasteiger partial charge in [-0.1, -0.05) is 19.0 Å². The summed E-state index contributed by atoms with van der Waals surface area (Å²) in [6.45, 7) is 9.47. The molecule has 1 aromatic heterocycles. The van der Waals surface area contributed by atoms with Crippen molar-refractivity contribution in [2.45, 2.75) is 70.9 Å². The molecule has 1 atom stereocenters. The Kier molecular flexibility index (Phi) is 5.50. The van der Waals surface area contributed by atoms with E-state index in [1.54, 1.807) is 0 Å². The van der Waals surface area contributed by atoms with Crippen LogP contribution >= 0.6 is 0 Å². The molecule has 0 radical (unpaired) electrons. The number of hydrogen-bond acceptors (Lipinski definition) is 6. The molecule has 0 N–H and O–H groups in total. The highest BCUT2D eigenvalue weighted by molar-refractivity contribution is 5.77. The topological polar surface area (TPSA) is 71.7 Å². The lowest BCUT2D eigenvalue weighted by Gasteiger charge is -2.47. The second kappa shape index (κ2) is 7.87.